The molecule has 1 aliphatic heterocycles. The summed E-state index contributed by atoms with van der Waals surface area (Å²) in [5.74, 6) is 0.952. The molecule has 0 radical (unpaired) electrons. The molecule has 4 heterocycles. The highest BCUT2D eigenvalue weighted by Crippen LogP contribution is 2.22. The van der Waals surface area contributed by atoms with Crippen molar-refractivity contribution in [2.45, 2.75) is 18.9 Å². The van der Waals surface area contributed by atoms with Crippen LogP contribution in [0.4, 0.5) is 0 Å². The Balaban J connectivity index is 1.40. The average Bonchev–Trinajstić information content (AvgIpc) is 3.22. The number of rotatable bonds is 5. The molecule has 0 aromatic carbocycles. The molecule has 1 fully saturated rings. The Hall–Kier alpha value is -3.13. The van der Waals surface area contributed by atoms with Crippen LogP contribution in [-0.4, -0.2) is 50.5 Å². The zero-order valence-corrected chi connectivity index (χ0v) is 14.8. The number of aromatic nitrogens is 4. The zero-order valence-electron chi connectivity index (χ0n) is 14.8. The molecule has 0 spiro atoms. The second-order valence-corrected chi connectivity index (χ2v) is 6.32. The van der Waals surface area contributed by atoms with Crippen molar-refractivity contribution in [2.24, 2.45) is 0 Å². The first kappa shape index (κ1) is 17.3. The van der Waals surface area contributed by atoms with Crippen LogP contribution in [0.1, 0.15) is 23.9 Å². The van der Waals surface area contributed by atoms with Crippen LogP contribution in [0.5, 0.6) is 0 Å². The summed E-state index contributed by atoms with van der Waals surface area (Å²) in [6.45, 7) is 2.18. The van der Waals surface area contributed by atoms with Crippen molar-refractivity contribution in [3.8, 4) is 11.5 Å². The van der Waals surface area contributed by atoms with E-state index >= 15 is 0 Å². The summed E-state index contributed by atoms with van der Waals surface area (Å²) in [5.41, 5.74) is 1.69. The molecule has 3 aromatic heterocycles. The van der Waals surface area contributed by atoms with E-state index in [-0.39, 0.29) is 11.9 Å². The maximum atomic E-state index is 12.8. The van der Waals surface area contributed by atoms with Gasteiger partial charge in [-0.1, -0.05) is 17.3 Å². The number of nitrogens with zero attached hydrogens (tertiary/aromatic N) is 5. The predicted molar refractivity (Wildman–Crippen MR) is 97.4 cm³/mol. The summed E-state index contributed by atoms with van der Waals surface area (Å²) in [5, 5.41) is 7.29. The Morgan fingerprint density at radius 3 is 3.04 bits per heavy atom. The number of carbonyl (C=O) groups is 1. The Bertz CT molecular complexity index is 883. The molecule has 1 saturated heterocycles. The molecule has 0 saturated carbocycles. The molecule has 1 aliphatic rings. The number of hydrogen-bond acceptors (Lipinski definition) is 7. The van der Waals surface area contributed by atoms with Gasteiger partial charge in [-0.2, -0.15) is 4.98 Å². The van der Waals surface area contributed by atoms with Gasteiger partial charge in [0.15, 0.2) is 0 Å². The highest BCUT2D eigenvalue weighted by molar-refractivity contribution is 5.77. The highest BCUT2D eigenvalue weighted by Gasteiger charge is 2.28. The minimum absolute atomic E-state index is 0.00767. The van der Waals surface area contributed by atoms with Gasteiger partial charge in [0, 0.05) is 51.1 Å². The summed E-state index contributed by atoms with van der Waals surface area (Å²) in [4.78, 5) is 27.4. The quantitative estimate of drug-likeness (QED) is 0.735. The summed E-state index contributed by atoms with van der Waals surface area (Å²) in [7, 11) is 0. The van der Waals surface area contributed by atoms with Crippen LogP contribution in [0, 0.1) is 0 Å². The monoisotopic (exact) mass is 364 g/mol. The molecule has 8 heteroatoms. The lowest BCUT2D eigenvalue weighted by atomic mass is 10.0. The largest absolute Gasteiger partial charge is 0.339 e. The molecule has 4 rings (SSSR count). The SMILES string of the molecule is O=C(CCc1nc(-c2ccccn2)no1)N1CCNCC1c1cccnc1. The minimum Gasteiger partial charge on any atom is -0.339 e. The van der Waals surface area contributed by atoms with Crippen molar-refractivity contribution >= 4 is 5.91 Å². The Morgan fingerprint density at radius 2 is 2.22 bits per heavy atom. The van der Waals surface area contributed by atoms with E-state index in [1.54, 1.807) is 12.4 Å². The lowest BCUT2D eigenvalue weighted by Gasteiger charge is -2.36. The van der Waals surface area contributed by atoms with Gasteiger partial charge in [-0.25, -0.2) is 0 Å². The van der Waals surface area contributed by atoms with Gasteiger partial charge < -0.3 is 14.7 Å². The topological polar surface area (TPSA) is 97.0 Å². The van der Waals surface area contributed by atoms with Crippen LogP contribution in [0.3, 0.4) is 0 Å². The van der Waals surface area contributed by atoms with Crippen molar-refractivity contribution in [3.05, 3.63) is 60.4 Å². The van der Waals surface area contributed by atoms with Crippen molar-refractivity contribution < 1.29 is 9.32 Å². The Kier molecular flexibility index (Phi) is 5.15. The second-order valence-electron chi connectivity index (χ2n) is 6.32. The van der Waals surface area contributed by atoms with Gasteiger partial charge in [0.05, 0.1) is 6.04 Å². The maximum absolute atomic E-state index is 12.8. The number of aryl methyl sites for hydroxylation is 1. The molecule has 1 N–H and O–H groups in total. The van der Waals surface area contributed by atoms with E-state index in [2.05, 4.69) is 25.4 Å². The Morgan fingerprint density at radius 1 is 1.26 bits per heavy atom. The first-order chi connectivity index (χ1) is 13.3. The van der Waals surface area contributed by atoms with Crippen molar-refractivity contribution in [2.75, 3.05) is 19.6 Å². The molecular weight excluding hydrogens is 344 g/mol. The molecule has 1 unspecified atom stereocenters. The number of hydrogen-bond donors (Lipinski definition) is 1. The fourth-order valence-electron chi connectivity index (χ4n) is 3.19. The van der Waals surface area contributed by atoms with Crippen molar-refractivity contribution in [1.82, 2.24) is 30.3 Å². The average molecular weight is 364 g/mol. The van der Waals surface area contributed by atoms with Crippen LogP contribution in [-0.2, 0) is 11.2 Å². The number of pyridine rings is 2. The predicted octanol–water partition coefficient (Wildman–Crippen LogP) is 1.63. The number of carbonyl (C=O) groups excluding carboxylic acids is 1. The molecule has 8 nitrogen and oxygen atoms in total. The molecule has 1 atom stereocenters. The second kappa shape index (κ2) is 8.05. The fourth-order valence-corrected chi connectivity index (χ4v) is 3.19. The molecule has 27 heavy (non-hydrogen) atoms. The van der Waals surface area contributed by atoms with Gasteiger partial charge in [0.1, 0.15) is 5.69 Å². The lowest BCUT2D eigenvalue weighted by molar-refractivity contribution is -0.134. The first-order valence-electron chi connectivity index (χ1n) is 8.95. The van der Waals surface area contributed by atoms with E-state index < -0.39 is 0 Å². The normalized spacial score (nSPS) is 17.0. The van der Waals surface area contributed by atoms with Crippen LogP contribution >= 0.6 is 0 Å². The molecule has 138 valence electrons. The van der Waals surface area contributed by atoms with E-state index in [1.165, 1.54) is 0 Å². The fraction of sp³-hybridized carbons (Fsp3) is 0.316. The summed E-state index contributed by atoms with van der Waals surface area (Å²) >= 11 is 0. The third-order valence-electron chi connectivity index (χ3n) is 4.55. The van der Waals surface area contributed by atoms with Gasteiger partial charge in [-0.05, 0) is 23.8 Å². The van der Waals surface area contributed by atoms with E-state index in [0.717, 1.165) is 18.7 Å². The molecule has 3 aromatic rings. The third kappa shape index (κ3) is 4.01. The van der Waals surface area contributed by atoms with Crippen LogP contribution in [0.2, 0.25) is 0 Å². The third-order valence-corrected chi connectivity index (χ3v) is 4.55. The number of amides is 1. The maximum Gasteiger partial charge on any atom is 0.227 e. The first-order valence-corrected chi connectivity index (χ1v) is 8.95. The molecular formula is C19H20N6O2. The van der Waals surface area contributed by atoms with Gasteiger partial charge in [0.25, 0.3) is 0 Å². The molecule has 0 bridgehead atoms. The molecule has 0 aliphatic carbocycles. The molecule has 1 amide bonds. The van der Waals surface area contributed by atoms with E-state index in [9.17, 15) is 4.79 Å². The van der Waals surface area contributed by atoms with Crippen molar-refractivity contribution in [3.63, 3.8) is 0 Å². The van der Waals surface area contributed by atoms with Gasteiger partial charge in [-0.15, -0.1) is 0 Å². The Labute approximate surface area is 156 Å². The zero-order chi connectivity index (χ0) is 18.5. The highest BCUT2D eigenvalue weighted by atomic mass is 16.5. The van der Waals surface area contributed by atoms with Gasteiger partial charge in [-0.3, -0.25) is 14.8 Å². The number of piperazine rings is 1. The summed E-state index contributed by atoms with van der Waals surface area (Å²) < 4.78 is 5.27. The van der Waals surface area contributed by atoms with Crippen molar-refractivity contribution in [1.29, 1.82) is 0 Å². The van der Waals surface area contributed by atoms with E-state index in [0.29, 0.717) is 36.8 Å². The van der Waals surface area contributed by atoms with Crippen LogP contribution < -0.4 is 5.32 Å². The van der Waals surface area contributed by atoms with Crippen LogP contribution in [0.25, 0.3) is 11.5 Å². The standard InChI is InChI=1S/C19H20N6O2/c26-18(25-11-10-21-13-16(25)14-4-3-8-20-12-14)7-6-17-23-19(24-27-17)15-5-1-2-9-22-15/h1-5,8-9,12,16,21H,6-7,10-11,13H2. The van der Waals surface area contributed by atoms with E-state index in [1.807, 2.05) is 41.4 Å². The van der Waals surface area contributed by atoms with Gasteiger partial charge >= 0.3 is 0 Å². The van der Waals surface area contributed by atoms with E-state index in [4.69, 9.17) is 4.52 Å². The summed E-state index contributed by atoms with van der Waals surface area (Å²) in [6, 6.07) is 9.40. The van der Waals surface area contributed by atoms with Crippen LogP contribution in [0.15, 0.2) is 53.4 Å². The summed E-state index contributed by atoms with van der Waals surface area (Å²) in [6.07, 6.45) is 5.95. The smallest absolute Gasteiger partial charge is 0.227 e. The minimum atomic E-state index is -0.00767. The lowest BCUT2D eigenvalue weighted by Crippen LogP contribution is -2.48. The van der Waals surface area contributed by atoms with Gasteiger partial charge in [0.2, 0.25) is 17.6 Å². The number of nitrogens with one attached hydrogen (secondary N) is 1.